The third-order valence-electron chi connectivity index (χ3n) is 3.05. The Labute approximate surface area is 98.8 Å². The second-order valence-corrected chi connectivity index (χ2v) is 4.35. The molecule has 17 heavy (non-hydrogen) atoms. The summed E-state index contributed by atoms with van der Waals surface area (Å²) in [5.41, 5.74) is 0. The molecule has 0 spiro atoms. The fraction of sp³-hybridized carbons (Fsp3) is 0.800. The van der Waals surface area contributed by atoms with E-state index in [2.05, 4.69) is 15.5 Å². The fourth-order valence-electron chi connectivity index (χ4n) is 1.84. The van der Waals surface area contributed by atoms with Gasteiger partial charge in [0.05, 0.1) is 12.5 Å². The Bertz CT molecular complexity index is 387. The molecule has 7 heteroatoms. The first kappa shape index (κ1) is 12.0. The molecule has 0 amide bonds. The number of carboxylic acids is 1. The van der Waals surface area contributed by atoms with Crippen molar-refractivity contribution < 1.29 is 14.6 Å². The number of rotatable bonds is 5. The maximum absolute atomic E-state index is 10.7. The highest BCUT2D eigenvalue weighted by Crippen LogP contribution is 2.22. The van der Waals surface area contributed by atoms with Crippen molar-refractivity contribution in [1.82, 2.24) is 20.2 Å². The van der Waals surface area contributed by atoms with Gasteiger partial charge in [0.1, 0.15) is 0 Å². The zero-order chi connectivity index (χ0) is 12.3. The standard InChI is InChI=1S/C10H16N4O3/c1-7(10(15)16)2-4-14-9(11-12-13-14)8-3-5-17-6-8/h7-8H,2-6H2,1H3,(H,15,16). The Morgan fingerprint density at radius 1 is 1.71 bits per heavy atom. The van der Waals surface area contributed by atoms with Crippen molar-refractivity contribution in [2.75, 3.05) is 13.2 Å². The summed E-state index contributed by atoms with van der Waals surface area (Å²) in [6.07, 6.45) is 1.45. The molecule has 1 aliphatic heterocycles. The summed E-state index contributed by atoms with van der Waals surface area (Å²) < 4.78 is 6.99. The number of aromatic nitrogens is 4. The van der Waals surface area contributed by atoms with Crippen LogP contribution in [-0.4, -0.2) is 44.5 Å². The van der Waals surface area contributed by atoms with Crippen molar-refractivity contribution in [2.24, 2.45) is 5.92 Å². The van der Waals surface area contributed by atoms with Crippen LogP contribution in [0.25, 0.3) is 0 Å². The van der Waals surface area contributed by atoms with Crippen molar-refractivity contribution in [2.45, 2.75) is 32.2 Å². The molecule has 1 aromatic rings. The first-order valence-corrected chi connectivity index (χ1v) is 5.75. The van der Waals surface area contributed by atoms with Crippen LogP contribution in [0.5, 0.6) is 0 Å². The Morgan fingerprint density at radius 2 is 2.53 bits per heavy atom. The summed E-state index contributed by atoms with van der Waals surface area (Å²) in [6, 6.07) is 0. The predicted molar refractivity (Wildman–Crippen MR) is 57.4 cm³/mol. The molecule has 1 aliphatic rings. The van der Waals surface area contributed by atoms with E-state index >= 15 is 0 Å². The van der Waals surface area contributed by atoms with Crippen LogP contribution in [0.1, 0.15) is 31.5 Å². The van der Waals surface area contributed by atoms with E-state index in [1.165, 1.54) is 0 Å². The second-order valence-electron chi connectivity index (χ2n) is 4.35. The lowest BCUT2D eigenvalue weighted by Gasteiger charge is -2.10. The van der Waals surface area contributed by atoms with E-state index in [0.29, 0.717) is 19.6 Å². The van der Waals surface area contributed by atoms with Gasteiger partial charge in [0, 0.05) is 19.1 Å². The number of aryl methyl sites for hydroxylation is 1. The Kier molecular flexibility index (Phi) is 3.68. The van der Waals surface area contributed by atoms with Gasteiger partial charge >= 0.3 is 5.97 Å². The molecule has 94 valence electrons. The van der Waals surface area contributed by atoms with Crippen LogP contribution in [0.4, 0.5) is 0 Å². The van der Waals surface area contributed by atoms with Gasteiger partial charge in [-0.15, -0.1) is 5.10 Å². The van der Waals surface area contributed by atoms with Gasteiger partial charge in [-0.3, -0.25) is 4.79 Å². The number of aliphatic carboxylic acids is 1. The molecule has 1 aromatic heterocycles. The van der Waals surface area contributed by atoms with Gasteiger partial charge in [-0.25, -0.2) is 4.68 Å². The molecule has 2 rings (SSSR count). The van der Waals surface area contributed by atoms with E-state index < -0.39 is 5.97 Å². The molecule has 1 N–H and O–H groups in total. The Hall–Kier alpha value is -1.50. The molecule has 2 heterocycles. The minimum absolute atomic E-state index is 0.241. The Morgan fingerprint density at radius 3 is 3.18 bits per heavy atom. The van der Waals surface area contributed by atoms with Crippen LogP contribution < -0.4 is 0 Å². The molecule has 0 aliphatic carbocycles. The number of ether oxygens (including phenoxy) is 1. The normalized spacial score (nSPS) is 21.6. The summed E-state index contributed by atoms with van der Waals surface area (Å²) in [6.45, 7) is 3.61. The molecule has 0 aromatic carbocycles. The van der Waals surface area contributed by atoms with Gasteiger partial charge in [-0.1, -0.05) is 6.92 Å². The smallest absolute Gasteiger partial charge is 0.306 e. The monoisotopic (exact) mass is 240 g/mol. The molecule has 2 atom stereocenters. The maximum atomic E-state index is 10.7. The summed E-state index contributed by atoms with van der Waals surface area (Å²) in [4.78, 5) is 10.7. The first-order chi connectivity index (χ1) is 8.18. The van der Waals surface area contributed by atoms with E-state index in [9.17, 15) is 4.79 Å². The topological polar surface area (TPSA) is 90.1 Å². The molecule has 0 bridgehead atoms. The molecule has 1 saturated heterocycles. The highest BCUT2D eigenvalue weighted by molar-refractivity contribution is 5.69. The molecular weight excluding hydrogens is 224 g/mol. The lowest BCUT2D eigenvalue weighted by atomic mass is 10.1. The van der Waals surface area contributed by atoms with Crippen molar-refractivity contribution in [1.29, 1.82) is 0 Å². The number of hydrogen-bond donors (Lipinski definition) is 1. The summed E-state index contributed by atoms with van der Waals surface area (Å²) >= 11 is 0. The molecule has 0 saturated carbocycles. The number of hydrogen-bond acceptors (Lipinski definition) is 5. The van der Waals surface area contributed by atoms with Crippen LogP contribution in [0.15, 0.2) is 0 Å². The number of nitrogens with zero attached hydrogens (tertiary/aromatic N) is 4. The lowest BCUT2D eigenvalue weighted by molar-refractivity contribution is -0.141. The minimum Gasteiger partial charge on any atom is -0.481 e. The largest absolute Gasteiger partial charge is 0.481 e. The zero-order valence-electron chi connectivity index (χ0n) is 9.74. The van der Waals surface area contributed by atoms with E-state index in [1.807, 2.05) is 0 Å². The van der Waals surface area contributed by atoms with E-state index in [0.717, 1.165) is 18.9 Å². The maximum Gasteiger partial charge on any atom is 0.306 e. The summed E-state index contributed by atoms with van der Waals surface area (Å²) in [7, 11) is 0. The highest BCUT2D eigenvalue weighted by Gasteiger charge is 2.24. The fourth-order valence-corrected chi connectivity index (χ4v) is 1.84. The zero-order valence-corrected chi connectivity index (χ0v) is 9.74. The average molecular weight is 240 g/mol. The molecule has 7 nitrogen and oxygen atoms in total. The second kappa shape index (κ2) is 5.22. The van der Waals surface area contributed by atoms with Crippen molar-refractivity contribution in [3.63, 3.8) is 0 Å². The van der Waals surface area contributed by atoms with Crippen LogP contribution in [0.2, 0.25) is 0 Å². The van der Waals surface area contributed by atoms with Gasteiger partial charge in [0.15, 0.2) is 5.82 Å². The van der Waals surface area contributed by atoms with Gasteiger partial charge in [-0.2, -0.15) is 0 Å². The van der Waals surface area contributed by atoms with Gasteiger partial charge in [0.25, 0.3) is 0 Å². The SMILES string of the molecule is CC(CCn1nnnc1C1CCOC1)C(=O)O. The van der Waals surface area contributed by atoms with Crippen molar-refractivity contribution in [3.8, 4) is 0 Å². The van der Waals surface area contributed by atoms with Crippen LogP contribution >= 0.6 is 0 Å². The molecular formula is C10H16N4O3. The predicted octanol–water partition coefficient (Wildman–Crippen LogP) is 0.288. The van der Waals surface area contributed by atoms with E-state index in [-0.39, 0.29) is 11.8 Å². The Balaban J connectivity index is 1.96. The van der Waals surface area contributed by atoms with Crippen molar-refractivity contribution >= 4 is 5.97 Å². The highest BCUT2D eigenvalue weighted by atomic mass is 16.5. The quantitative estimate of drug-likeness (QED) is 0.795. The lowest BCUT2D eigenvalue weighted by Crippen LogP contribution is -2.16. The number of carboxylic acid groups (broad SMARTS) is 1. The molecule has 0 radical (unpaired) electrons. The van der Waals surface area contributed by atoms with Crippen LogP contribution in [0.3, 0.4) is 0 Å². The summed E-state index contributed by atoms with van der Waals surface area (Å²) in [5.74, 6) is -0.124. The van der Waals surface area contributed by atoms with Gasteiger partial charge in [-0.05, 0) is 23.3 Å². The van der Waals surface area contributed by atoms with Gasteiger partial charge in [0.2, 0.25) is 0 Å². The first-order valence-electron chi connectivity index (χ1n) is 5.75. The number of carbonyl (C=O) groups is 1. The average Bonchev–Trinajstić information content (AvgIpc) is 2.95. The van der Waals surface area contributed by atoms with E-state index in [4.69, 9.17) is 9.84 Å². The third kappa shape index (κ3) is 2.79. The third-order valence-corrected chi connectivity index (χ3v) is 3.05. The van der Waals surface area contributed by atoms with E-state index in [1.54, 1.807) is 11.6 Å². The van der Waals surface area contributed by atoms with Crippen LogP contribution in [0, 0.1) is 5.92 Å². The molecule has 2 unspecified atom stereocenters. The van der Waals surface area contributed by atoms with Gasteiger partial charge < -0.3 is 9.84 Å². The van der Waals surface area contributed by atoms with Crippen molar-refractivity contribution in [3.05, 3.63) is 5.82 Å². The number of tetrazole rings is 1. The molecule has 1 fully saturated rings. The van der Waals surface area contributed by atoms with Crippen LogP contribution in [-0.2, 0) is 16.1 Å². The summed E-state index contributed by atoms with van der Waals surface area (Å²) in [5, 5.41) is 20.4. The minimum atomic E-state index is -0.788.